The van der Waals surface area contributed by atoms with Crippen molar-refractivity contribution in [1.82, 2.24) is 0 Å². The molecule has 4 heteroatoms. The van der Waals surface area contributed by atoms with Crippen LogP contribution in [0.4, 0.5) is 0 Å². The fourth-order valence-corrected chi connectivity index (χ4v) is 5.99. The molecule has 3 rings (SSSR count). The van der Waals surface area contributed by atoms with Crippen LogP contribution >= 0.6 is 11.6 Å². The Morgan fingerprint density at radius 3 is 2.84 bits per heavy atom. The SMILES string of the molecule is C=C(C)[C@@H](C)CC[C@]1(C)[C@H]2CC=C3COC(=O)[C@H]3[C@]2(C)C[C@@H](O)[C@@H]1Cl. The smallest absolute Gasteiger partial charge is 0.314 e. The number of cyclic esters (lactones) is 1. The molecule has 3 nitrogen and oxygen atoms in total. The summed E-state index contributed by atoms with van der Waals surface area (Å²) in [6.45, 7) is 13.1. The zero-order chi connectivity index (χ0) is 18.6. The Morgan fingerprint density at radius 2 is 2.20 bits per heavy atom. The van der Waals surface area contributed by atoms with E-state index in [9.17, 15) is 9.90 Å². The lowest BCUT2D eigenvalue weighted by Crippen LogP contribution is -2.59. The molecule has 0 unspecified atom stereocenters. The summed E-state index contributed by atoms with van der Waals surface area (Å²) in [7, 11) is 0. The largest absolute Gasteiger partial charge is 0.461 e. The number of ether oxygens (including phenoxy) is 1. The van der Waals surface area contributed by atoms with Gasteiger partial charge in [0.2, 0.25) is 0 Å². The number of hydrogen-bond donors (Lipinski definition) is 1. The van der Waals surface area contributed by atoms with Crippen molar-refractivity contribution in [3.63, 3.8) is 0 Å². The highest BCUT2D eigenvalue weighted by Gasteiger charge is 2.62. The lowest BCUT2D eigenvalue weighted by atomic mass is 9.46. The molecule has 25 heavy (non-hydrogen) atoms. The average Bonchev–Trinajstić information content (AvgIpc) is 2.93. The van der Waals surface area contributed by atoms with E-state index in [2.05, 4.69) is 40.3 Å². The minimum absolute atomic E-state index is 0.128. The van der Waals surface area contributed by atoms with Gasteiger partial charge in [-0.2, -0.15) is 0 Å². The van der Waals surface area contributed by atoms with E-state index >= 15 is 0 Å². The van der Waals surface area contributed by atoms with E-state index in [0.29, 0.717) is 18.9 Å². The Morgan fingerprint density at radius 1 is 1.52 bits per heavy atom. The number of allylic oxidation sites excluding steroid dienone is 2. The van der Waals surface area contributed by atoms with Crippen LogP contribution < -0.4 is 0 Å². The second-order valence-electron chi connectivity index (χ2n) is 9.08. The van der Waals surface area contributed by atoms with Crippen molar-refractivity contribution in [1.29, 1.82) is 0 Å². The minimum Gasteiger partial charge on any atom is -0.461 e. The van der Waals surface area contributed by atoms with E-state index in [-0.39, 0.29) is 34.0 Å². The number of aliphatic hydroxyl groups is 1. The van der Waals surface area contributed by atoms with Gasteiger partial charge in [0.1, 0.15) is 6.61 Å². The van der Waals surface area contributed by atoms with Crippen LogP contribution in [0.1, 0.15) is 53.4 Å². The first kappa shape index (κ1) is 19.0. The topological polar surface area (TPSA) is 46.5 Å². The van der Waals surface area contributed by atoms with E-state index in [1.54, 1.807) is 0 Å². The van der Waals surface area contributed by atoms with Crippen LogP contribution in [0.15, 0.2) is 23.8 Å². The number of carbonyl (C=O) groups is 1. The van der Waals surface area contributed by atoms with Crippen LogP contribution in [-0.2, 0) is 9.53 Å². The van der Waals surface area contributed by atoms with Crippen LogP contribution in [0.3, 0.4) is 0 Å². The molecule has 1 saturated heterocycles. The van der Waals surface area contributed by atoms with Crippen molar-refractivity contribution in [2.45, 2.75) is 64.9 Å². The van der Waals surface area contributed by atoms with Crippen molar-refractivity contribution in [2.24, 2.45) is 28.6 Å². The molecule has 0 amide bonds. The molecule has 0 radical (unpaired) electrons. The third-order valence-corrected chi connectivity index (χ3v) is 8.22. The number of carbonyl (C=O) groups excluding carboxylic acids is 1. The van der Waals surface area contributed by atoms with Crippen LogP contribution in [0, 0.1) is 28.6 Å². The summed E-state index contributed by atoms with van der Waals surface area (Å²) in [6, 6.07) is 0. The Balaban J connectivity index is 1.95. The van der Waals surface area contributed by atoms with E-state index in [1.807, 2.05) is 0 Å². The van der Waals surface area contributed by atoms with Gasteiger partial charge in [-0.25, -0.2) is 0 Å². The number of esters is 1. The van der Waals surface area contributed by atoms with Crippen molar-refractivity contribution >= 4 is 17.6 Å². The van der Waals surface area contributed by atoms with Gasteiger partial charge in [0.15, 0.2) is 0 Å². The first-order valence-corrected chi connectivity index (χ1v) is 9.88. The Hall–Kier alpha value is -0.800. The monoisotopic (exact) mass is 366 g/mol. The molecule has 0 aromatic heterocycles. The number of rotatable bonds is 4. The van der Waals surface area contributed by atoms with E-state index in [1.165, 1.54) is 5.57 Å². The summed E-state index contributed by atoms with van der Waals surface area (Å²) >= 11 is 6.79. The molecule has 0 spiro atoms. The minimum atomic E-state index is -0.596. The molecule has 0 aromatic carbocycles. The zero-order valence-electron chi connectivity index (χ0n) is 15.8. The fourth-order valence-electron chi connectivity index (χ4n) is 5.64. The standard InChI is InChI=1S/C21H31ClO3/c1-12(2)13(3)8-9-20(4)16-7-6-14-11-25-19(24)17(14)21(16,5)10-15(23)18(20)22/h6,13,15-18,23H,1,7-11H2,2-5H3/t13-,15+,16+,17-,18-,20+,21+/m0/s1. The molecule has 1 heterocycles. The van der Waals surface area contributed by atoms with Crippen LogP contribution in [0.5, 0.6) is 0 Å². The molecule has 1 N–H and O–H groups in total. The maximum atomic E-state index is 12.4. The Labute approximate surface area is 156 Å². The molecule has 2 fully saturated rings. The summed E-state index contributed by atoms with van der Waals surface area (Å²) in [4.78, 5) is 12.4. The van der Waals surface area contributed by atoms with Gasteiger partial charge in [-0.3, -0.25) is 4.79 Å². The quantitative estimate of drug-likeness (QED) is 0.453. The molecule has 2 aliphatic carbocycles. The van der Waals surface area contributed by atoms with Crippen molar-refractivity contribution < 1.29 is 14.6 Å². The average molecular weight is 367 g/mol. The number of hydrogen-bond acceptors (Lipinski definition) is 3. The predicted octanol–water partition coefficient (Wildman–Crippen LogP) is 4.48. The van der Waals surface area contributed by atoms with Gasteiger partial charge in [0.05, 0.1) is 17.4 Å². The van der Waals surface area contributed by atoms with Gasteiger partial charge in [0, 0.05) is 0 Å². The lowest BCUT2D eigenvalue weighted by Gasteiger charge is -2.59. The molecule has 7 atom stereocenters. The van der Waals surface area contributed by atoms with E-state index < -0.39 is 6.10 Å². The highest BCUT2D eigenvalue weighted by Crippen LogP contribution is 2.63. The van der Waals surface area contributed by atoms with Gasteiger partial charge < -0.3 is 9.84 Å². The summed E-state index contributed by atoms with van der Waals surface area (Å²) in [5.41, 5.74) is 1.77. The van der Waals surface area contributed by atoms with Gasteiger partial charge in [0.25, 0.3) is 0 Å². The normalized spacial score (nSPS) is 44.4. The highest BCUT2D eigenvalue weighted by molar-refractivity contribution is 6.21. The molecule has 1 saturated carbocycles. The molecular formula is C21H31ClO3. The highest BCUT2D eigenvalue weighted by atomic mass is 35.5. The number of fused-ring (bicyclic) bond motifs is 3. The molecular weight excluding hydrogens is 336 g/mol. The summed E-state index contributed by atoms with van der Waals surface area (Å²) in [6.07, 6.45) is 5.00. The number of aliphatic hydroxyl groups excluding tert-OH is 1. The van der Waals surface area contributed by atoms with Crippen LogP contribution in [0.2, 0.25) is 0 Å². The molecule has 0 bridgehead atoms. The van der Waals surface area contributed by atoms with Crippen LogP contribution in [-0.4, -0.2) is 29.2 Å². The third-order valence-electron chi connectivity index (χ3n) is 7.43. The second kappa shape index (κ2) is 6.42. The molecule has 1 aliphatic heterocycles. The molecule has 3 aliphatic rings. The lowest BCUT2D eigenvalue weighted by molar-refractivity contribution is -0.153. The van der Waals surface area contributed by atoms with Crippen molar-refractivity contribution in [2.75, 3.05) is 6.61 Å². The maximum absolute atomic E-state index is 12.4. The molecule has 0 aromatic rings. The summed E-state index contributed by atoms with van der Waals surface area (Å²) in [5, 5.41) is 10.5. The first-order chi connectivity index (χ1) is 11.6. The Kier molecular flexibility index (Phi) is 4.87. The van der Waals surface area contributed by atoms with Gasteiger partial charge in [-0.15, -0.1) is 11.6 Å². The predicted molar refractivity (Wildman–Crippen MR) is 100 cm³/mol. The third kappa shape index (κ3) is 2.88. The van der Waals surface area contributed by atoms with E-state index in [0.717, 1.165) is 24.8 Å². The summed E-state index contributed by atoms with van der Waals surface area (Å²) < 4.78 is 5.34. The van der Waals surface area contributed by atoms with E-state index in [4.69, 9.17) is 16.3 Å². The zero-order valence-corrected chi connectivity index (χ0v) is 16.6. The number of halogens is 1. The first-order valence-electron chi connectivity index (χ1n) is 9.44. The maximum Gasteiger partial charge on any atom is 0.314 e. The Bertz CT molecular complexity index is 612. The van der Waals surface area contributed by atoms with Gasteiger partial charge in [-0.1, -0.05) is 39.0 Å². The van der Waals surface area contributed by atoms with Crippen LogP contribution in [0.25, 0.3) is 0 Å². The second-order valence-corrected chi connectivity index (χ2v) is 9.55. The molecule has 140 valence electrons. The fraction of sp³-hybridized carbons (Fsp3) is 0.762. The van der Waals surface area contributed by atoms with Crippen molar-refractivity contribution in [3.05, 3.63) is 23.8 Å². The van der Waals surface area contributed by atoms with Gasteiger partial charge >= 0.3 is 5.97 Å². The number of alkyl halides is 1. The summed E-state index contributed by atoms with van der Waals surface area (Å²) in [5.74, 6) is 0.346. The van der Waals surface area contributed by atoms with Crippen molar-refractivity contribution in [3.8, 4) is 0 Å². The van der Waals surface area contributed by atoms with Gasteiger partial charge in [-0.05, 0) is 60.8 Å².